The molecule has 2 aromatic carbocycles. The summed E-state index contributed by atoms with van der Waals surface area (Å²) in [5.41, 5.74) is -0.0601. The number of para-hydroxylation sites is 1. The topological polar surface area (TPSA) is 112 Å². The van der Waals surface area contributed by atoms with E-state index < -0.39 is 21.9 Å². The molecule has 9 nitrogen and oxygen atoms in total. The molecule has 3 rings (SSSR count). The van der Waals surface area contributed by atoms with E-state index >= 15 is 0 Å². The number of benzene rings is 2. The number of ether oxygens (including phenoxy) is 1. The van der Waals surface area contributed by atoms with Gasteiger partial charge in [-0.05, 0) is 25.1 Å². The number of allylic oxidation sites excluding steroid dienone is 1. The third-order valence-electron chi connectivity index (χ3n) is 4.37. The van der Waals surface area contributed by atoms with E-state index in [1.54, 1.807) is 29.7 Å². The van der Waals surface area contributed by atoms with E-state index in [4.69, 9.17) is 16.3 Å². The van der Waals surface area contributed by atoms with Crippen LogP contribution in [0.3, 0.4) is 0 Å². The van der Waals surface area contributed by atoms with Gasteiger partial charge in [-0.1, -0.05) is 41.6 Å². The highest BCUT2D eigenvalue weighted by Gasteiger charge is 2.22. The Balaban J connectivity index is 1.71. The van der Waals surface area contributed by atoms with Crippen LogP contribution in [0.2, 0.25) is 5.02 Å². The van der Waals surface area contributed by atoms with Crippen LogP contribution in [0, 0.1) is 15.9 Å². The Hall–Kier alpha value is -3.44. The maximum absolute atomic E-state index is 13.8. The van der Waals surface area contributed by atoms with Crippen molar-refractivity contribution in [3.05, 3.63) is 81.9 Å². The number of rotatable bonds is 10. The van der Waals surface area contributed by atoms with Gasteiger partial charge in [-0.15, -0.1) is 16.8 Å². The molecule has 0 fully saturated rings. The zero-order valence-corrected chi connectivity index (χ0v) is 19.0. The van der Waals surface area contributed by atoms with E-state index in [1.165, 1.54) is 30.3 Å². The van der Waals surface area contributed by atoms with Gasteiger partial charge in [0.25, 0.3) is 5.69 Å². The van der Waals surface area contributed by atoms with E-state index in [-0.39, 0.29) is 28.8 Å². The second-order valence-corrected chi connectivity index (χ2v) is 8.40. The van der Waals surface area contributed by atoms with Gasteiger partial charge in [0, 0.05) is 18.7 Å². The van der Waals surface area contributed by atoms with Crippen molar-refractivity contribution in [3.63, 3.8) is 0 Å². The molecular weight excluding hydrogens is 473 g/mol. The molecule has 1 heterocycles. The van der Waals surface area contributed by atoms with E-state index in [9.17, 15) is 19.3 Å². The average Bonchev–Trinajstić information content (AvgIpc) is 3.15. The van der Waals surface area contributed by atoms with Gasteiger partial charge in [0.15, 0.2) is 22.5 Å². The Bertz CT molecular complexity index is 1190. The lowest BCUT2D eigenvalue weighted by Gasteiger charge is -2.14. The van der Waals surface area contributed by atoms with Crippen molar-refractivity contribution < 1.29 is 18.8 Å². The van der Waals surface area contributed by atoms with E-state index in [1.807, 2.05) is 0 Å². The van der Waals surface area contributed by atoms with Crippen molar-refractivity contribution in [1.29, 1.82) is 0 Å². The molecule has 3 aromatic rings. The first-order chi connectivity index (χ1) is 15.8. The molecule has 1 amide bonds. The van der Waals surface area contributed by atoms with E-state index in [0.717, 1.165) is 11.8 Å². The van der Waals surface area contributed by atoms with Crippen LogP contribution in [0.25, 0.3) is 0 Å². The highest BCUT2D eigenvalue weighted by atomic mass is 35.5. The normalized spacial score (nSPS) is 11.6. The average molecular weight is 492 g/mol. The van der Waals surface area contributed by atoms with Gasteiger partial charge < -0.3 is 10.1 Å². The molecule has 0 saturated heterocycles. The number of aromatic nitrogens is 3. The maximum Gasteiger partial charge on any atom is 0.271 e. The van der Waals surface area contributed by atoms with Gasteiger partial charge >= 0.3 is 0 Å². The summed E-state index contributed by atoms with van der Waals surface area (Å²) in [4.78, 5) is 23.1. The number of halogens is 2. The molecule has 0 saturated carbocycles. The molecule has 0 unspecified atom stereocenters. The summed E-state index contributed by atoms with van der Waals surface area (Å²) in [5.74, 6) is -0.414. The minimum atomic E-state index is -0.645. The van der Waals surface area contributed by atoms with Gasteiger partial charge in [0.1, 0.15) is 6.61 Å². The number of carbonyl (C=O) groups excluding carboxylic acids is 1. The molecule has 0 radical (unpaired) electrons. The van der Waals surface area contributed by atoms with Gasteiger partial charge in [-0.3, -0.25) is 19.5 Å². The molecule has 0 aliphatic heterocycles. The summed E-state index contributed by atoms with van der Waals surface area (Å²) in [6.45, 7) is 5.67. The lowest BCUT2D eigenvalue weighted by atomic mass is 10.2. The predicted molar refractivity (Wildman–Crippen MR) is 123 cm³/mol. The van der Waals surface area contributed by atoms with Gasteiger partial charge in [0.05, 0.1) is 20.9 Å². The highest BCUT2D eigenvalue weighted by molar-refractivity contribution is 8.00. The fraction of sp³-hybridized carbons (Fsp3) is 0.190. The van der Waals surface area contributed by atoms with Crippen LogP contribution in [-0.4, -0.2) is 30.8 Å². The molecular formula is C21H19ClFN5O4S. The molecule has 12 heteroatoms. The van der Waals surface area contributed by atoms with Gasteiger partial charge in [-0.25, -0.2) is 4.39 Å². The number of hydrogen-bond donors (Lipinski definition) is 1. The fourth-order valence-electron chi connectivity index (χ4n) is 2.70. The molecule has 0 aliphatic carbocycles. The Morgan fingerprint density at radius 1 is 1.39 bits per heavy atom. The van der Waals surface area contributed by atoms with Crippen molar-refractivity contribution in [2.24, 2.45) is 0 Å². The molecule has 1 N–H and O–H groups in total. The van der Waals surface area contributed by atoms with Crippen LogP contribution in [0.4, 0.5) is 15.8 Å². The van der Waals surface area contributed by atoms with E-state index in [2.05, 4.69) is 22.1 Å². The zero-order chi connectivity index (χ0) is 24.0. The smallest absolute Gasteiger partial charge is 0.271 e. The Labute approximate surface area is 197 Å². The minimum absolute atomic E-state index is 0.0355. The number of nitro benzene ring substituents is 1. The van der Waals surface area contributed by atoms with Crippen LogP contribution >= 0.6 is 23.4 Å². The quantitative estimate of drug-likeness (QED) is 0.186. The number of nitrogens with one attached hydrogen (secondary N) is 1. The van der Waals surface area contributed by atoms with Crippen molar-refractivity contribution >= 4 is 40.6 Å². The summed E-state index contributed by atoms with van der Waals surface area (Å²) < 4.78 is 21.0. The number of non-ortho nitro benzene ring substituents is 1. The first kappa shape index (κ1) is 24.2. The van der Waals surface area contributed by atoms with Crippen molar-refractivity contribution in [2.45, 2.75) is 30.5 Å². The number of thioether (sulfide) groups is 1. The van der Waals surface area contributed by atoms with Crippen LogP contribution in [-0.2, 0) is 17.9 Å². The third kappa shape index (κ3) is 6.08. The van der Waals surface area contributed by atoms with Crippen LogP contribution in [0.15, 0.2) is 60.3 Å². The van der Waals surface area contributed by atoms with Crippen molar-refractivity contribution in [3.8, 4) is 5.75 Å². The Kier molecular flexibility index (Phi) is 8.01. The van der Waals surface area contributed by atoms with Gasteiger partial charge in [0.2, 0.25) is 5.91 Å². The Morgan fingerprint density at radius 2 is 2.15 bits per heavy atom. The molecule has 1 atom stereocenters. The number of carbonyl (C=O) groups is 1. The standard InChI is InChI=1S/C21H19ClFN5O4S/c1-3-10-27-19(12-32-18-7-5-4-6-16(18)23)25-26-21(27)33-13(2)20(29)24-17-11-14(28(30)31)8-9-15(17)22/h3-9,11,13H,1,10,12H2,2H3,(H,24,29)/t13-/m0/s1. The molecule has 0 spiro atoms. The number of anilines is 1. The summed E-state index contributed by atoms with van der Waals surface area (Å²) >= 11 is 7.18. The zero-order valence-electron chi connectivity index (χ0n) is 17.4. The Morgan fingerprint density at radius 3 is 2.85 bits per heavy atom. The largest absolute Gasteiger partial charge is 0.483 e. The molecule has 0 bridgehead atoms. The first-order valence-corrected chi connectivity index (χ1v) is 10.9. The van der Waals surface area contributed by atoms with Crippen molar-refractivity contribution in [1.82, 2.24) is 14.8 Å². The number of hydrogen-bond acceptors (Lipinski definition) is 7. The maximum atomic E-state index is 13.8. The van der Waals surface area contributed by atoms with Gasteiger partial charge in [-0.2, -0.15) is 0 Å². The SMILES string of the molecule is C=CCn1c(COc2ccccc2F)nnc1S[C@@H](C)C(=O)Nc1cc([N+](=O)[O-])ccc1Cl. The second-order valence-electron chi connectivity index (χ2n) is 6.69. The first-order valence-electron chi connectivity index (χ1n) is 9.62. The van der Waals surface area contributed by atoms with Crippen LogP contribution in [0.1, 0.15) is 12.7 Å². The van der Waals surface area contributed by atoms with Crippen LogP contribution in [0.5, 0.6) is 5.75 Å². The summed E-state index contributed by atoms with van der Waals surface area (Å²) in [7, 11) is 0. The van der Waals surface area contributed by atoms with Crippen LogP contribution < -0.4 is 10.1 Å². The van der Waals surface area contributed by atoms with Crippen molar-refractivity contribution in [2.75, 3.05) is 5.32 Å². The molecule has 1 aromatic heterocycles. The van der Waals surface area contributed by atoms with E-state index in [0.29, 0.717) is 17.5 Å². The molecule has 0 aliphatic rings. The lowest BCUT2D eigenvalue weighted by molar-refractivity contribution is -0.384. The molecule has 33 heavy (non-hydrogen) atoms. The predicted octanol–water partition coefficient (Wildman–Crippen LogP) is 4.86. The second kappa shape index (κ2) is 10.9. The summed E-state index contributed by atoms with van der Waals surface area (Å²) in [6, 6.07) is 9.79. The minimum Gasteiger partial charge on any atom is -0.483 e. The summed E-state index contributed by atoms with van der Waals surface area (Å²) in [5, 5.41) is 21.7. The lowest BCUT2D eigenvalue weighted by Crippen LogP contribution is -2.23. The number of nitro groups is 1. The monoisotopic (exact) mass is 491 g/mol. The number of nitrogens with zero attached hydrogens (tertiary/aromatic N) is 4. The number of amides is 1. The fourth-order valence-corrected chi connectivity index (χ4v) is 3.74. The molecule has 172 valence electrons. The highest BCUT2D eigenvalue weighted by Crippen LogP contribution is 2.29. The third-order valence-corrected chi connectivity index (χ3v) is 5.78. The summed E-state index contributed by atoms with van der Waals surface area (Å²) in [6.07, 6.45) is 1.63.